The second-order valence-corrected chi connectivity index (χ2v) is 8.51. The molecule has 1 heterocycles. The van der Waals surface area contributed by atoms with E-state index < -0.39 is 0 Å². The predicted molar refractivity (Wildman–Crippen MR) is 143 cm³/mol. The third kappa shape index (κ3) is 4.91. The summed E-state index contributed by atoms with van der Waals surface area (Å²) < 4.78 is 11.6. The van der Waals surface area contributed by atoms with Crippen molar-refractivity contribution in [1.82, 2.24) is 0 Å². The second-order valence-electron chi connectivity index (χ2n) is 8.51. The average Bonchev–Trinajstić information content (AvgIpc) is 3.25. The third-order valence-corrected chi connectivity index (χ3v) is 5.94. The molecule has 0 radical (unpaired) electrons. The fourth-order valence-electron chi connectivity index (χ4n) is 4.00. The van der Waals surface area contributed by atoms with Crippen LogP contribution in [0.25, 0.3) is 6.08 Å². The van der Waals surface area contributed by atoms with Crippen LogP contribution in [-0.2, 0) is 11.4 Å². The minimum atomic E-state index is -0.182. The van der Waals surface area contributed by atoms with E-state index in [4.69, 9.17) is 14.6 Å². The highest BCUT2D eigenvalue weighted by atomic mass is 16.5. The van der Waals surface area contributed by atoms with Crippen LogP contribution in [0.2, 0.25) is 0 Å². The zero-order valence-electron chi connectivity index (χ0n) is 20.2. The van der Waals surface area contributed by atoms with Crippen LogP contribution in [-0.4, -0.2) is 18.7 Å². The minimum absolute atomic E-state index is 0.182. The molecule has 5 nitrogen and oxygen atoms in total. The van der Waals surface area contributed by atoms with Crippen molar-refractivity contribution in [3.8, 4) is 11.5 Å². The summed E-state index contributed by atoms with van der Waals surface area (Å²) >= 11 is 0. The van der Waals surface area contributed by atoms with Gasteiger partial charge in [0.1, 0.15) is 12.3 Å². The number of methoxy groups -OCH3 is 1. The Kier molecular flexibility index (Phi) is 6.63. The summed E-state index contributed by atoms with van der Waals surface area (Å²) in [4.78, 5) is 13.5. The van der Waals surface area contributed by atoms with Gasteiger partial charge in [-0.1, -0.05) is 84.4 Å². The molecule has 4 aromatic rings. The van der Waals surface area contributed by atoms with Crippen molar-refractivity contribution < 1.29 is 14.3 Å². The van der Waals surface area contributed by atoms with Crippen molar-refractivity contribution >= 4 is 23.4 Å². The number of nitrogens with zero attached hydrogens (tertiary/aromatic N) is 2. The van der Waals surface area contributed by atoms with E-state index >= 15 is 0 Å². The number of para-hydroxylation sites is 1. The molecule has 0 N–H and O–H groups in total. The summed E-state index contributed by atoms with van der Waals surface area (Å²) in [7, 11) is 1.61. The van der Waals surface area contributed by atoms with E-state index in [9.17, 15) is 4.79 Å². The first-order chi connectivity index (χ1) is 17.6. The molecule has 0 saturated heterocycles. The Balaban J connectivity index is 1.46. The second kappa shape index (κ2) is 10.3. The Morgan fingerprint density at radius 1 is 0.833 bits per heavy atom. The Labute approximate surface area is 210 Å². The van der Waals surface area contributed by atoms with Crippen LogP contribution in [0, 0.1) is 6.92 Å². The topological polar surface area (TPSA) is 51.1 Å². The van der Waals surface area contributed by atoms with E-state index in [1.165, 1.54) is 10.6 Å². The first-order valence-electron chi connectivity index (χ1n) is 11.7. The lowest BCUT2D eigenvalue weighted by atomic mass is 10.00. The molecule has 0 atom stereocenters. The molecule has 0 spiro atoms. The van der Waals surface area contributed by atoms with Gasteiger partial charge in [-0.25, -0.2) is 0 Å². The standard InChI is InChI=1S/C31H26N2O3/c1-22-13-15-23(16-14-22)21-36-28-18-17-24(20-29(28)35-2)19-27-30(25-9-5-3-6-10-25)32-33(31(27)34)26-11-7-4-8-12-26/h3-20H,21H2,1-2H3/b27-19-. The van der Waals surface area contributed by atoms with Gasteiger partial charge in [-0.15, -0.1) is 0 Å². The van der Waals surface area contributed by atoms with Crippen molar-refractivity contribution in [2.45, 2.75) is 13.5 Å². The first kappa shape index (κ1) is 23.1. The molecule has 0 aliphatic carbocycles. The highest BCUT2D eigenvalue weighted by Crippen LogP contribution is 2.32. The van der Waals surface area contributed by atoms with Gasteiger partial charge < -0.3 is 9.47 Å². The van der Waals surface area contributed by atoms with E-state index in [1.54, 1.807) is 7.11 Å². The van der Waals surface area contributed by atoms with Crippen LogP contribution >= 0.6 is 0 Å². The van der Waals surface area contributed by atoms with Crippen LogP contribution in [0.15, 0.2) is 114 Å². The maximum absolute atomic E-state index is 13.5. The Morgan fingerprint density at radius 2 is 1.53 bits per heavy atom. The van der Waals surface area contributed by atoms with Gasteiger partial charge >= 0.3 is 0 Å². The number of carbonyl (C=O) groups excluding carboxylic acids is 1. The van der Waals surface area contributed by atoms with Gasteiger partial charge in [-0.2, -0.15) is 10.1 Å². The van der Waals surface area contributed by atoms with Crippen molar-refractivity contribution in [2.24, 2.45) is 5.10 Å². The van der Waals surface area contributed by atoms with Crippen LogP contribution in [0.5, 0.6) is 11.5 Å². The number of amides is 1. The highest BCUT2D eigenvalue weighted by Gasteiger charge is 2.32. The van der Waals surface area contributed by atoms with Crippen LogP contribution in [0.1, 0.15) is 22.3 Å². The summed E-state index contributed by atoms with van der Waals surface area (Å²) in [5.74, 6) is 1.06. The first-order valence-corrected chi connectivity index (χ1v) is 11.7. The minimum Gasteiger partial charge on any atom is -0.493 e. The molecule has 0 unspecified atom stereocenters. The van der Waals surface area contributed by atoms with Gasteiger partial charge in [0.05, 0.1) is 18.4 Å². The monoisotopic (exact) mass is 474 g/mol. The van der Waals surface area contributed by atoms with E-state index in [0.717, 1.165) is 22.4 Å². The quantitative estimate of drug-likeness (QED) is 0.291. The maximum Gasteiger partial charge on any atom is 0.281 e. The van der Waals surface area contributed by atoms with Crippen LogP contribution < -0.4 is 14.5 Å². The molecule has 1 amide bonds. The highest BCUT2D eigenvalue weighted by molar-refractivity contribution is 6.37. The summed E-state index contributed by atoms with van der Waals surface area (Å²) in [5.41, 5.74) is 5.84. The average molecular weight is 475 g/mol. The summed E-state index contributed by atoms with van der Waals surface area (Å²) in [6, 6.07) is 33.1. The molecule has 5 heteroatoms. The number of hydrazone groups is 1. The lowest BCUT2D eigenvalue weighted by Gasteiger charge is -2.12. The molecule has 1 aliphatic heterocycles. The van der Waals surface area contributed by atoms with Gasteiger partial charge in [0.25, 0.3) is 5.91 Å². The molecule has 5 rings (SSSR count). The number of carbonyl (C=O) groups is 1. The lowest BCUT2D eigenvalue weighted by Crippen LogP contribution is -2.21. The van der Waals surface area contributed by atoms with E-state index in [-0.39, 0.29) is 5.91 Å². The largest absolute Gasteiger partial charge is 0.493 e. The number of benzene rings is 4. The van der Waals surface area contributed by atoms with Gasteiger partial charge in [0.2, 0.25) is 0 Å². The van der Waals surface area contributed by atoms with Gasteiger partial charge in [0, 0.05) is 5.56 Å². The predicted octanol–water partition coefficient (Wildman–Crippen LogP) is 6.42. The fourth-order valence-corrected chi connectivity index (χ4v) is 4.00. The number of aryl methyl sites for hydroxylation is 1. The van der Waals surface area contributed by atoms with Crippen molar-refractivity contribution in [3.05, 3.63) is 131 Å². The van der Waals surface area contributed by atoms with Gasteiger partial charge in [0.15, 0.2) is 11.5 Å². The molecule has 178 valence electrons. The molecule has 0 aromatic heterocycles. The molecular formula is C31H26N2O3. The molecule has 0 bridgehead atoms. The molecule has 0 saturated carbocycles. The number of hydrogen-bond acceptors (Lipinski definition) is 4. The van der Waals surface area contributed by atoms with Gasteiger partial charge in [-0.05, 0) is 48.4 Å². The van der Waals surface area contributed by atoms with Crippen molar-refractivity contribution in [3.63, 3.8) is 0 Å². The van der Waals surface area contributed by atoms with Gasteiger partial charge in [-0.3, -0.25) is 4.79 Å². The third-order valence-electron chi connectivity index (χ3n) is 5.94. The number of hydrogen-bond donors (Lipinski definition) is 0. The summed E-state index contributed by atoms with van der Waals surface area (Å²) in [6.45, 7) is 2.50. The Hall–Kier alpha value is -4.64. The van der Waals surface area contributed by atoms with Crippen molar-refractivity contribution in [2.75, 3.05) is 12.1 Å². The SMILES string of the molecule is COc1cc(/C=C2\C(=O)N(c3ccccc3)N=C2c2ccccc2)ccc1OCc1ccc(C)cc1. The van der Waals surface area contributed by atoms with E-state index in [2.05, 4.69) is 31.2 Å². The van der Waals surface area contributed by atoms with Crippen LogP contribution in [0.3, 0.4) is 0 Å². The van der Waals surface area contributed by atoms with Crippen LogP contribution in [0.4, 0.5) is 5.69 Å². The van der Waals surface area contributed by atoms with E-state index in [1.807, 2.05) is 84.9 Å². The molecule has 1 aliphatic rings. The number of rotatable bonds is 7. The summed E-state index contributed by atoms with van der Waals surface area (Å²) in [6.07, 6.45) is 1.85. The normalized spacial score (nSPS) is 14.2. The van der Waals surface area contributed by atoms with E-state index in [0.29, 0.717) is 29.4 Å². The Morgan fingerprint density at radius 3 is 2.22 bits per heavy atom. The molecule has 0 fully saturated rings. The smallest absolute Gasteiger partial charge is 0.281 e. The fraction of sp³-hybridized carbons (Fsp3) is 0.0968. The van der Waals surface area contributed by atoms with Crippen molar-refractivity contribution in [1.29, 1.82) is 0 Å². The number of ether oxygens (including phenoxy) is 2. The molecular weight excluding hydrogens is 448 g/mol. The zero-order valence-corrected chi connectivity index (χ0v) is 20.2. The Bertz CT molecular complexity index is 1430. The molecule has 4 aromatic carbocycles. The summed E-state index contributed by atoms with van der Waals surface area (Å²) in [5, 5.41) is 6.14. The molecule has 36 heavy (non-hydrogen) atoms. The zero-order chi connectivity index (χ0) is 24.9. The lowest BCUT2D eigenvalue weighted by molar-refractivity contribution is -0.114. The number of anilines is 1. The maximum atomic E-state index is 13.5.